The molecule has 100 valence electrons. The van der Waals surface area contributed by atoms with Gasteiger partial charge in [-0.3, -0.25) is 9.48 Å². The van der Waals surface area contributed by atoms with E-state index >= 15 is 0 Å². The minimum absolute atomic E-state index is 0.00746. The lowest BCUT2D eigenvalue weighted by Gasteiger charge is -2.05. The van der Waals surface area contributed by atoms with Gasteiger partial charge < -0.3 is 10.1 Å². The van der Waals surface area contributed by atoms with Crippen molar-refractivity contribution in [2.24, 2.45) is 7.05 Å². The highest BCUT2D eigenvalue weighted by Gasteiger charge is 2.26. The van der Waals surface area contributed by atoms with Crippen molar-refractivity contribution >= 4 is 17.5 Å². The maximum absolute atomic E-state index is 10.9. The molecule has 1 saturated carbocycles. The predicted octanol–water partition coefficient (Wildman–Crippen LogP) is 1.17. The fraction of sp³-hybridized carbons (Fsp3) is 0.667. The molecule has 0 bridgehead atoms. The quantitative estimate of drug-likeness (QED) is 0.598. The highest BCUT2D eigenvalue weighted by molar-refractivity contribution is 6.27. The normalized spacial score (nSPS) is 14.8. The Bertz CT molecular complexity index is 415. The number of aryl methyl sites for hydroxylation is 1. The van der Waals surface area contributed by atoms with Crippen LogP contribution in [-0.4, -0.2) is 34.7 Å². The average Bonchev–Trinajstić information content (AvgIpc) is 3.14. The van der Waals surface area contributed by atoms with Gasteiger partial charge in [-0.15, -0.1) is 11.6 Å². The number of hydrogen-bond donors (Lipinski definition) is 1. The molecule has 0 atom stereocenters. The molecule has 0 unspecified atom stereocenters. The molecule has 5 nitrogen and oxygen atoms in total. The highest BCUT2D eigenvalue weighted by Crippen LogP contribution is 2.39. The highest BCUT2D eigenvalue weighted by atomic mass is 35.5. The van der Waals surface area contributed by atoms with Crippen molar-refractivity contribution in [1.82, 2.24) is 15.1 Å². The van der Waals surface area contributed by atoms with E-state index in [1.165, 1.54) is 18.5 Å². The Hall–Kier alpha value is -1.07. The summed E-state index contributed by atoms with van der Waals surface area (Å²) >= 11 is 5.36. The summed E-state index contributed by atoms with van der Waals surface area (Å²) in [5.41, 5.74) is 2.24. The van der Waals surface area contributed by atoms with Gasteiger partial charge in [0.05, 0.1) is 24.6 Å². The van der Waals surface area contributed by atoms with Crippen LogP contribution in [0.1, 0.15) is 30.1 Å². The monoisotopic (exact) mass is 271 g/mol. The first-order valence-electron chi connectivity index (χ1n) is 6.14. The van der Waals surface area contributed by atoms with Gasteiger partial charge in [-0.1, -0.05) is 0 Å². The lowest BCUT2D eigenvalue weighted by atomic mass is 10.3. The molecule has 1 aromatic rings. The smallest absolute Gasteiger partial charge is 0.235 e. The Labute approximate surface area is 111 Å². The van der Waals surface area contributed by atoms with E-state index in [1.54, 1.807) is 0 Å². The molecule has 1 fully saturated rings. The standard InChI is InChI=1S/C12H18ClN3O2/c1-16-10(6-11(15-16)9-2-3-9)8-18-5-4-14-12(17)7-13/h6,9H,2-5,7-8H2,1H3,(H,14,17). The van der Waals surface area contributed by atoms with E-state index < -0.39 is 0 Å². The molecule has 1 aromatic heterocycles. The lowest BCUT2D eigenvalue weighted by Crippen LogP contribution is -2.28. The molecule has 0 saturated heterocycles. The van der Waals surface area contributed by atoms with Crippen molar-refractivity contribution in [3.63, 3.8) is 0 Å². The van der Waals surface area contributed by atoms with Gasteiger partial charge in [-0.25, -0.2) is 0 Å². The second-order valence-corrected chi connectivity index (χ2v) is 4.76. The molecule has 18 heavy (non-hydrogen) atoms. The van der Waals surface area contributed by atoms with Crippen molar-refractivity contribution in [2.45, 2.75) is 25.4 Å². The number of carbonyl (C=O) groups is 1. The fourth-order valence-corrected chi connectivity index (χ4v) is 1.83. The van der Waals surface area contributed by atoms with Crippen LogP contribution in [0.2, 0.25) is 0 Å². The van der Waals surface area contributed by atoms with Gasteiger partial charge in [0.15, 0.2) is 0 Å². The zero-order chi connectivity index (χ0) is 13.0. The summed E-state index contributed by atoms with van der Waals surface area (Å²) < 4.78 is 7.36. The molecule has 0 aromatic carbocycles. The van der Waals surface area contributed by atoms with Crippen LogP contribution >= 0.6 is 11.6 Å². The first kappa shape index (κ1) is 13.4. The molecular weight excluding hydrogens is 254 g/mol. The Kier molecular flexibility index (Phi) is 4.60. The predicted molar refractivity (Wildman–Crippen MR) is 68.6 cm³/mol. The fourth-order valence-electron chi connectivity index (χ4n) is 1.73. The Morgan fingerprint density at radius 1 is 1.67 bits per heavy atom. The minimum atomic E-state index is -0.170. The van der Waals surface area contributed by atoms with E-state index in [1.807, 2.05) is 11.7 Å². The Morgan fingerprint density at radius 2 is 2.44 bits per heavy atom. The topological polar surface area (TPSA) is 56.1 Å². The van der Waals surface area contributed by atoms with Gasteiger partial charge in [-0.2, -0.15) is 5.10 Å². The molecule has 0 spiro atoms. The van der Waals surface area contributed by atoms with E-state index in [0.717, 1.165) is 5.69 Å². The molecule has 1 N–H and O–H groups in total. The van der Waals surface area contributed by atoms with Crippen molar-refractivity contribution in [3.05, 3.63) is 17.5 Å². The van der Waals surface area contributed by atoms with Crippen LogP contribution < -0.4 is 5.32 Å². The number of ether oxygens (including phenoxy) is 1. The average molecular weight is 272 g/mol. The van der Waals surface area contributed by atoms with Crippen LogP contribution in [0, 0.1) is 0 Å². The summed E-state index contributed by atoms with van der Waals surface area (Å²) in [4.78, 5) is 10.9. The zero-order valence-electron chi connectivity index (χ0n) is 10.5. The van der Waals surface area contributed by atoms with E-state index in [4.69, 9.17) is 16.3 Å². The number of hydrogen-bond acceptors (Lipinski definition) is 3. The van der Waals surface area contributed by atoms with Gasteiger partial charge in [0.1, 0.15) is 5.88 Å². The minimum Gasteiger partial charge on any atom is -0.373 e. The summed E-state index contributed by atoms with van der Waals surface area (Å²) in [5.74, 6) is 0.483. The van der Waals surface area contributed by atoms with Gasteiger partial charge in [0, 0.05) is 19.5 Å². The third-order valence-corrected chi connectivity index (χ3v) is 3.17. The molecule has 6 heteroatoms. The van der Waals surface area contributed by atoms with Crippen LogP contribution in [0.5, 0.6) is 0 Å². The number of nitrogens with one attached hydrogen (secondary N) is 1. The summed E-state index contributed by atoms with van der Waals surface area (Å²) in [7, 11) is 1.93. The number of nitrogens with zero attached hydrogens (tertiary/aromatic N) is 2. The van der Waals surface area contributed by atoms with Gasteiger partial charge >= 0.3 is 0 Å². The summed E-state index contributed by atoms with van der Waals surface area (Å²) in [5, 5.41) is 7.11. The molecule has 2 rings (SSSR count). The maximum atomic E-state index is 10.9. The van der Waals surface area contributed by atoms with Crippen molar-refractivity contribution < 1.29 is 9.53 Å². The SMILES string of the molecule is Cn1nc(C2CC2)cc1COCCNC(=O)CCl. The van der Waals surface area contributed by atoms with Crippen molar-refractivity contribution in [3.8, 4) is 0 Å². The van der Waals surface area contributed by atoms with Crippen LogP contribution in [0.4, 0.5) is 0 Å². The third kappa shape index (κ3) is 3.71. The third-order valence-electron chi connectivity index (χ3n) is 2.93. The zero-order valence-corrected chi connectivity index (χ0v) is 11.2. The van der Waals surface area contributed by atoms with Crippen molar-refractivity contribution in [1.29, 1.82) is 0 Å². The molecule has 1 amide bonds. The molecule has 0 radical (unpaired) electrons. The number of alkyl halides is 1. The molecule has 0 aliphatic heterocycles. The van der Waals surface area contributed by atoms with Crippen LogP contribution in [-0.2, 0) is 23.2 Å². The maximum Gasteiger partial charge on any atom is 0.235 e. The van der Waals surface area contributed by atoms with E-state index in [2.05, 4.69) is 16.5 Å². The first-order valence-corrected chi connectivity index (χ1v) is 6.67. The number of carbonyl (C=O) groups excluding carboxylic acids is 1. The van der Waals surface area contributed by atoms with Gasteiger partial charge in [0.2, 0.25) is 5.91 Å². The molecule has 1 aliphatic rings. The van der Waals surface area contributed by atoms with E-state index in [9.17, 15) is 4.79 Å². The van der Waals surface area contributed by atoms with Gasteiger partial charge in [0.25, 0.3) is 0 Å². The van der Waals surface area contributed by atoms with Crippen LogP contribution in [0.3, 0.4) is 0 Å². The van der Waals surface area contributed by atoms with Crippen LogP contribution in [0.15, 0.2) is 6.07 Å². The number of rotatable bonds is 7. The second-order valence-electron chi connectivity index (χ2n) is 4.49. The summed E-state index contributed by atoms with van der Waals surface area (Å²) in [6.45, 7) is 1.48. The lowest BCUT2D eigenvalue weighted by molar-refractivity contribution is -0.118. The Morgan fingerprint density at radius 3 is 3.11 bits per heavy atom. The molecule has 1 aliphatic carbocycles. The largest absolute Gasteiger partial charge is 0.373 e. The first-order chi connectivity index (χ1) is 8.70. The van der Waals surface area contributed by atoms with Gasteiger partial charge in [-0.05, 0) is 18.9 Å². The Balaban J connectivity index is 1.68. The van der Waals surface area contributed by atoms with E-state index in [-0.39, 0.29) is 11.8 Å². The molecule has 1 heterocycles. The number of halogens is 1. The summed E-state index contributed by atoms with van der Waals surface area (Å²) in [6.07, 6.45) is 2.50. The van der Waals surface area contributed by atoms with Crippen LogP contribution in [0.25, 0.3) is 0 Å². The number of aromatic nitrogens is 2. The molecular formula is C12H18ClN3O2. The van der Waals surface area contributed by atoms with Crippen molar-refractivity contribution in [2.75, 3.05) is 19.0 Å². The number of amides is 1. The van der Waals surface area contributed by atoms with E-state index in [0.29, 0.717) is 25.7 Å². The summed E-state index contributed by atoms with van der Waals surface area (Å²) in [6, 6.07) is 2.11. The second kappa shape index (κ2) is 6.20.